The van der Waals surface area contributed by atoms with Crippen molar-refractivity contribution in [3.8, 4) is 11.8 Å². The first-order valence-corrected chi connectivity index (χ1v) is 11.7. The standard InChI is InChI=1S/C23H28FN3O2S/c1-16-4-2-10-26(16)14-17-5-3-11-27(17)23(28)21-9-6-18(12-22(21)24)29-15-20-8-7-19(13-25)30-20/h6-7,9,12,16-17,20H,2-5,8,10-11,14-15H2,1H3. The number of thioether (sulfide) groups is 1. The molecule has 2 fully saturated rings. The minimum Gasteiger partial charge on any atom is -0.492 e. The third kappa shape index (κ3) is 4.65. The van der Waals surface area contributed by atoms with Crippen LogP contribution in [0.15, 0.2) is 29.2 Å². The Balaban J connectivity index is 1.36. The van der Waals surface area contributed by atoms with E-state index >= 15 is 0 Å². The van der Waals surface area contributed by atoms with E-state index in [0.29, 0.717) is 29.8 Å². The Bertz CT molecular complexity index is 868. The molecule has 5 nitrogen and oxygen atoms in total. The van der Waals surface area contributed by atoms with Gasteiger partial charge in [-0.25, -0.2) is 4.39 Å². The average Bonchev–Trinajstić information content (AvgIpc) is 3.48. The van der Waals surface area contributed by atoms with Crippen LogP contribution < -0.4 is 4.74 Å². The van der Waals surface area contributed by atoms with E-state index in [1.165, 1.54) is 30.7 Å². The summed E-state index contributed by atoms with van der Waals surface area (Å²) in [7, 11) is 0. The molecule has 0 spiro atoms. The number of ether oxygens (including phenoxy) is 1. The van der Waals surface area contributed by atoms with Crippen molar-refractivity contribution in [2.24, 2.45) is 0 Å². The fourth-order valence-corrected chi connectivity index (χ4v) is 5.55. The van der Waals surface area contributed by atoms with Gasteiger partial charge in [-0.3, -0.25) is 9.69 Å². The second-order valence-corrected chi connectivity index (χ2v) is 9.73. The number of likely N-dealkylation sites (tertiary alicyclic amines) is 2. The van der Waals surface area contributed by atoms with E-state index in [9.17, 15) is 9.18 Å². The Morgan fingerprint density at radius 1 is 1.33 bits per heavy atom. The molecule has 3 unspecified atom stereocenters. The maximum atomic E-state index is 14.8. The van der Waals surface area contributed by atoms with E-state index in [2.05, 4.69) is 17.9 Å². The van der Waals surface area contributed by atoms with Crippen LogP contribution in [0.3, 0.4) is 0 Å². The number of benzene rings is 1. The van der Waals surface area contributed by atoms with Gasteiger partial charge in [0.2, 0.25) is 0 Å². The molecule has 2 saturated heterocycles. The molecule has 1 amide bonds. The van der Waals surface area contributed by atoms with Crippen LogP contribution in [0.5, 0.6) is 5.75 Å². The number of carbonyl (C=O) groups excluding carboxylic acids is 1. The lowest BCUT2D eigenvalue weighted by molar-refractivity contribution is 0.0692. The summed E-state index contributed by atoms with van der Waals surface area (Å²) in [6, 6.07) is 7.38. The number of allylic oxidation sites excluding steroid dienone is 2. The second kappa shape index (κ2) is 9.40. The van der Waals surface area contributed by atoms with Gasteiger partial charge in [0.15, 0.2) is 0 Å². The minimum atomic E-state index is -0.535. The molecule has 160 valence electrons. The maximum Gasteiger partial charge on any atom is 0.257 e. The van der Waals surface area contributed by atoms with Crippen molar-refractivity contribution in [3.05, 3.63) is 40.6 Å². The lowest BCUT2D eigenvalue weighted by Crippen LogP contribution is -2.44. The van der Waals surface area contributed by atoms with Crippen molar-refractivity contribution in [3.63, 3.8) is 0 Å². The van der Waals surface area contributed by atoms with Crippen molar-refractivity contribution in [1.29, 1.82) is 5.26 Å². The summed E-state index contributed by atoms with van der Waals surface area (Å²) in [6.07, 6.45) is 7.05. The monoisotopic (exact) mass is 429 g/mol. The van der Waals surface area contributed by atoms with Crippen molar-refractivity contribution < 1.29 is 13.9 Å². The number of halogens is 1. The van der Waals surface area contributed by atoms with E-state index in [1.54, 1.807) is 12.1 Å². The third-order valence-electron chi connectivity index (χ3n) is 6.35. The van der Waals surface area contributed by atoms with E-state index < -0.39 is 5.82 Å². The summed E-state index contributed by atoms with van der Waals surface area (Å²) >= 11 is 1.49. The molecule has 1 aromatic rings. The van der Waals surface area contributed by atoms with Crippen LogP contribution in [-0.4, -0.2) is 59.3 Å². The highest BCUT2D eigenvalue weighted by atomic mass is 32.2. The molecule has 0 aliphatic carbocycles. The van der Waals surface area contributed by atoms with Gasteiger partial charge >= 0.3 is 0 Å². The number of hydrogen-bond donors (Lipinski definition) is 0. The first-order valence-electron chi connectivity index (χ1n) is 10.8. The van der Waals surface area contributed by atoms with Gasteiger partial charge in [0, 0.05) is 36.5 Å². The summed E-state index contributed by atoms with van der Waals surface area (Å²) in [5.41, 5.74) is 0.118. The van der Waals surface area contributed by atoms with E-state index in [4.69, 9.17) is 10.00 Å². The molecule has 0 radical (unpaired) electrons. The van der Waals surface area contributed by atoms with Gasteiger partial charge in [0.1, 0.15) is 24.2 Å². The fraction of sp³-hybridized carbons (Fsp3) is 0.565. The number of carbonyl (C=O) groups is 1. The second-order valence-electron chi connectivity index (χ2n) is 8.39. The predicted molar refractivity (Wildman–Crippen MR) is 116 cm³/mol. The zero-order valence-corrected chi connectivity index (χ0v) is 18.2. The van der Waals surface area contributed by atoms with Crippen LogP contribution in [0.1, 0.15) is 49.4 Å². The van der Waals surface area contributed by atoms with Gasteiger partial charge in [-0.05, 0) is 57.7 Å². The van der Waals surface area contributed by atoms with Gasteiger partial charge in [-0.2, -0.15) is 5.26 Å². The average molecular weight is 430 g/mol. The first-order chi connectivity index (χ1) is 14.5. The Morgan fingerprint density at radius 3 is 2.87 bits per heavy atom. The van der Waals surface area contributed by atoms with Crippen molar-refractivity contribution >= 4 is 17.7 Å². The summed E-state index contributed by atoms with van der Waals surface area (Å²) < 4.78 is 20.5. The molecule has 0 aromatic heterocycles. The highest BCUT2D eigenvalue weighted by Gasteiger charge is 2.34. The predicted octanol–water partition coefficient (Wildman–Crippen LogP) is 4.21. The molecule has 7 heteroatoms. The van der Waals surface area contributed by atoms with Crippen molar-refractivity contribution in [1.82, 2.24) is 9.80 Å². The summed E-state index contributed by atoms with van der Waals surface area (Å²) in [4.78, 5) is 18.1. The SMILES string of the molecule is CC1CCCN1CC1CCCN1C(=O)c1ccc(OCC2CC=C(C#N)S2)cc1F. The first kappa shape index (κ1) is 21.2. The molecule has 1 aromatic carbocycles. The Morgan fingerprint density at radius 2 is 2.17 bits per heavy atom. The lowest BCUT2D eigenvalue weighted by atomic mass is 10.1. The molecule has 30 heavy (non-hydrogen) atoms. The van der Waals surface area contributed by atoms with Gasteiger partial charge < -0.3 is 9.64 Å². The van der Waals surface area contributed by atoms with Crippen molar-refractivity contribution in [2.45, 2.75) is 56.4 Å². The normalized spacial score (nSPS) is 26.6. The topological polar surface area (TPSA) is 56.6 Å². The Labute approximate surface area is 181 Å². The summed E-state index contributed by atoms with van der Waals surface area (Å²) in [6.45, 7) is 5.31. The van der Waals surface area contributed by atoms with Gasteiger partial charge in [-0.15, -0.1) is 11.8 Å². The lowest BCUT2D eigenvalue weighted by Gasteiger charge is -2.31. The van der Waals surface area contributed by atoms with E-state index in [-0.39, 0.29) is 22.8 Å². The summed E-state index contributed by atoms with van der Waals surface area (Å²) in [5, 5.41) is 9.09. The van der Waals surface area contributed by atoms with Crippen LogP contribution in [-0.2, 0) is 0 Å². The number of nitriles is 1. The largest absolute Gasteiger partial charge is 0.492 e. The quantitative estimate of drug-likeness (QED) is 0.678. The molecule has 0 bridgehead atoms. The van der Waals surface area contributed by atoms with Gasteiger partial charge in [0.25, 0.3) is 5.91 Å². The Kier molecular flexibility index (Phi) is 6.64. The zero-order valence-electron chi connectivity index (χ0n) is 17.3. The van der Waals surface area contributed by atoms with Crippen LogP contribution in [0.25, 0.3) is 0 Å². The fourth-order valence-electron chi connectivity index (χ4n) is 4.62. The van der Waals surface area contributed by atoms with Crippen LogP contribution in [0.4, 0.5) is 4.39 Å². The molecule has 0 saturated carbocycles. The molecule has 3 aliphatic rings. The van der Waals surface area contributed by atoms with Crippen LogP contribution >= 0.6 is 11.8 Å². The van der Waals surface area contributed by atoms with E-state index in [0.717, 1.165) is 32.4 Å². The minimum absolute atomic E-state index is 0.118. The highest BCUT2D eigenvalue weighted by molar-refractivity contribution is 8.04. The molecule has 4 rings (SSSR count). The smallest absolute Gasteiger partial charge is 0.257 e. The highest BCUT2D eigenvalue weighted by Crippen LogP contribution is 2.32. The van der Waals surface area contributed by atoms with E-state index in [1.807, 2.05) is 11.0 Å². The molecular weight excluding hydrogens is 401 g/mol. The van der Waals surface area contributed by atoms with Gasteiger partial charge in [0.05, 0.1) is 10.5 Å². The number of rotatable bonds is 6. The number of hydrogen-bond acceptors (Lipinski definition) is 5. The molecule has 3 atom stereocenters. The maximum absolute atomic E-state index is 14.8. The van der Waals surface area contributed by atoms with Gasteiger partial charge in [-0.1, -0.05) is 6.08 Å². The molecule has 0 N–H and O–H groups in total. The Hall–Kier alpha value is -2.04. The molecular formula is C23H28FN3O2S. The third-order valence-corrected chi connectivity index (χ3v) is 7.52. The molecule has 3 aliphatic heterocycles. The molecule has 3 heterocycles. The number of amides is 1. The zero-order chi connectivity index (χ0) is 21.1. The number of nitrogens with zero attached hydrogens (tertiary/aromatic N) is 3. The van der Waals surface area contributed by atoms with Crippen molar-refractivity contribution in [2.75, 3.05) is 26.2 Å². The van der Waals surface area contributed by atoms with Crippen LogP contribution in [0, 0.1) is 17.1 Å². The summed E-state index contributed by atoms with van der Waals surface area (Å²) in [5.74, 6) is -0.339. The van der Waals surface area contributed by atoms with Crippen LogP contribution in [0.2, 0.25) is 0 Å².